The maximum absolute atomic E-state index is 12.5. The quantitative estimate of drug-likeness (QED) is 0.447. The Balaban J connectivity index is 2.27. The van der Waals surface area contributed by atoms with Crippen molar-refractivity contribution in [1.82, 2.24) is 5.48 Å². The van der Waals surface area contributed by atoms with E-state index in [0.29, 0.717) is 16.3 Å². The van der Waals surface area contributed by atoms with E-state index in [9.17, 15) is 13.2 Å². The molecule has 0 saturated heterocycles. The van der Waals surface area contributed by atoms with Crippen LogP contribution in [0.15, 0.2) is 47.4 Å². The van der Waals surface area contributed by atoms with Crippen LogP contribution in [0, 0.1) is 6.92 Å². The summed E-state index contributed by atoms with van der Waals surface area (Å²) < 4.78 is 27.5. The molecule has 0 saturated carbocycles. The zero-order chi connectivity index (χ0) is 18.6. The van der Waals surface area contributed by atoms with Crippen LogP contribution in [0.5, 0.6) is 0 Å². The number of amides is 1. The van der Waals surface area contributed by atoms with Crippen LogP contribution >= 0.6 is 11.6 Å². The van der Waals surface area contributed by atoms with Gasteiger partial charge >= 0.3 is 0 Å². The number of nitrogens with one attached hydrogen (secondary N) is 2. The number of carbonyl (C=O) groups excluding carboxylic acids is 1. The van der Waals surface area contributed by atoms with Gasteiger partial charge in [-0.2, -0.15) is 0 Å². The first-order valence-electron chi connectivity index (χ1n) is 7.30. The second-order valence-corrected chi connectivity index (χ2v) is 7.61. The fraction of sp³-hybridized carbons (Fsp3) is 0.188. The van der Waals surface area contributed by atoms with Crippen LogP contribution in [0.1, 0.15) is 11.1 Å². The van der Waals surface area contributed by atoms with E-state index in [0.717, 1.165) is 5.56 Å². The molecule has 0 aliphatic heterocycles. The molecule has 9 heteroatoms. The van der Waals surface area contributed by atoms with E-state index in [2.05, 4.69) is 4.72 Å². The zero-order valence-corrected chi connectivity index (χ0v) is 14.9. The van der Waals surface area contributed by atoms with Crippen molar-refractivity contribution in [1.29, 1.82) is 0 Å². The number of hydroxylamine groups is 1. The van der Waals surface area contributed by atoms with Crippen molar-refractivity contribution in [2.45, 2.75) is 24.3 Å². The van der Waals surface area contributed by atoms with Crippen molar-refractivity contribution in [3.63, 3.8) is 0 Å². The Kier molecular flexibility index (Phi) is 6.02. The number of carbonyl (C=O) groups is 1. The molecule has 2 aromatic carbocycles. The summed E-state index contributed by atoms with van der Waals surface area (Å²) in [6, 6.07) is 9.82. The highest BCUT2D eigenvalue weighted by molar-refractivity contribution is 7.92. The first-order chi connectivity index (χ1) is 11.7. The summed E-state index contributed by atoms with van der Waals surface area (Å²) in [4.78, 5) is 11.4. The third kappa shape index (κ3) is 4.93. The van der Waals surface area contributed by atoms with Gasteiger partial charge in [0.15, 0.2) is 0 Å². The number of benzene rings is 2. The summed E-state index contributed by atoms with van der Waals surface area (Å²) in [6.07, 6.45) is 0.0858. The summed E-state index contributed by atoms with van der Waals surface area (Å²) in [7, 11) is -3.81. The normalized spacial score (nSPS) is 12.5. The van der Waals surface area contributed by atoms with Crippen molar-refractivity contribution in [3.05, 3.63) is 58.6 Å². The summed E-state index contributed by atoms with van der Waals surface area (Å²) >= 11 is 5.78. The van der Waals surface area contributed by atoms with E-state index in [-0.39, 0.29) is 11.3 Å². The molecule has 0 radical (unpaired) electrons. The second kappa shape index (κ2) is 7.83. The van der Waals surface area contributed by atoms with E-state index in [4.69, 9.17) is 22.5 Å². The molecule has 0 aliphatic carbocycles. The third-order valence-electron chi connectivity index (χ3n) is 3.61. The maximum Gasteiger partial charge on any atom is 0.261 e. The van der Waals surface area contributed by atoms with Gasteiger partial charge in [-0.05, 0) is 60.9 Å². The lowest BCUT2D eigenvalue weighted by Gasteiger charge is -2.14. The number of sulfonamides is 1. The van der Waals surface area contributed by atoms with Crippen LogP contribution in [-0.2, 0) is 21.2 Å². The Morgan fingerprint density at radius 2 is 1.88 bits per heavy atom. The van der Waals surface area contributed by atoms with Crippen molar-refractivity contribution < 1.29 is 18.4 Å². The van der Waals surface area contributed by atoms with Crippen LogP contribution in [0.3, 0.4) is 0 Å². The molecule has 0 aromatic heterocycles. The number of anilines is 1. The highest BCUT2D eigenvalue weighted by atomic mass is 35.5. The van der Waals surface area contributed by atoms with Gasteiger partial charge in [0.05, 0.1) is 10.9 Å². The van der Waals surface area contributed by atoms with Crippen LogP contribution in [0.25, 0.3) is 0 Å². The minimum Gasteiger partial charge on any atom is -0.320 e. The van der Waals surface area contributed by atoms with Gasteiger partial charge < -0.3 is 5.73 Å². The largest absolute Gasteiger partial charge is 0.320 e. The molecule has 5 N–H and O–H groups in total. The number of aryl methyl sites for hydroxylation is 1. The van der Waals surface area contributed by atoms with Gasteiger partial charge in [-0.3, -0.25) is 14.7 Å². The highest BCUT2D eigenvalue weighted by Gasteiger charge is 2.19. The monoisotopic (exact) mass is 383 g/mol. The summed E-state index contributed by atoms with van der Waals surface area (Å²) in [5, 5.41) is 9.12. The predicted molar refractivity (Wildman–Crippen MR) is 95.0 cm³/mol. The standard InChI is InChI=1S/C16H18ClN3O4S/c1-10-2-7-14(8-11(10)9-15(18)16(21)19-22)25(23,24)20-13-5-3-12(17)4-6-13/h2-8,15,20,22H,9,18H2,1H3,(H,19,21)/t15-/m0/s1. The smallest absolute Gasteiger partial charge is 0.261 e. The Labute approximate surface area is 150 Å². The molecule has 2 aromatic rings. The van der Waals surface area contributed by atoms with E-state index >= 15 is 0 Å². The first kappa shape index (κ1) is 19.2. The fourth-order valence-corrected chi connectivity index (χ4v) is 3.41. The first-order valence-corrected chi connectivity index (χ1v) is 9.16. The Bertz CT molecular complexity index is 869. The van der Waals surface area contributed by atoms with E-state index in [1.807, 2.05) is 0 Å². The lowest BCUT2D eigenvalue weighted by Crippen LogP contribution is -2.40. The zero-order valence-electron chi connectivity index (χ0n) is 13.4. The summed E-state index contributed by atoms with van der Waals surface area (Å²) in [5.74, 6) is -0.744. The number of rotatable bonds is 6. The van der Waals surface area contributed by atoms with Gasteiger partial charge in [-0.25, -0.2) is 13.9 Å². The molecular weight excluding hydrogens is 366 g/mol. The van der Waals surface area contributed by atoms with Crippen molar-refractivity contribution in [2.75, 3.05) is 4.72 Å². The molecular formula is C16H18ClN3O4S. The van der Waals surface area contributed by atoms with Crippen LogP contribution in [0.2, 0.25) is 5.02 Å². The van der Waals surface area contributed by atoms with Gasteiger partial charge in [0.2, 0.25) is 0 Å². The molecule has 2 rings (SSSR count). The van der Waals surface area contributed by atoms with E-state index in [1.54, 1.807) is 37.3 Å². The number of nitrogens with two attached hydrogens (primary N) is 1. The minimum atomic E-state index is -3.81. The molecule has 0 spiro atoms. The molecule has 134 valence electrons. The number of hydrogen-bond acceptors (Lipinski definition) is 5. The topological polar surface area (TPSA) is 122 Å². The average Bonchev–Trinajstić information content (AvgIpc) is 2.57. The van der Waals surface area contributed by atoms with Crippen molar-refractivity contribution >= 4 is 33.2 Å². The van der Waals surface area contributed by atoms with E-state index in [1.165, 1.54) is 17.6 Å². The predicted octanol–water partition coefficient (Wildman–Crippen LogP) is 1.82. The Morgan fingerprint density at radius 3 is 2.48 bits per heavy atom. The second-order valence-electron chi connectivity index (χ2n) is 5.49. The third-order valence-corrected chi connectivity index (χ3v) is 5.25. The average molecular weight is 384 g/mol. The lowest BCUT2D eigenvalue weighted by atomic mass is 10.0. The molecule has 0 bridgehead atoms. The van der Waals surface area contributed by atoms with Gasteiger partial charge in [0.1, 0.15) is 0 Å². The molecule has 1 atom stereocenters. The summed E-state index contributed by atoms with van der Waals surface area (Å²) in [6.45, 7) is 1.78. The van der Waals surface area contributed by atoms with Crippen LogP contribution in [-0.4, -0.2) is 25.6 Å². The van der Waals surface area contributed by atoms with Gasteiger partial charge in [-0.15, -0.1) is 0 Å². The molecule has 25 heavy (non-hydrogen) atoms. The Morgan fingerprint density at radius 1 is 1.24 bits per heavy atom. The van der Waals surface area contributed by atoms with E-state index < -0.39 is 22.0 Å². The molecule has 1 amide bonds. The highest BCUT2D eigenvalue weighted by Crippen LogP contribution is 2.21. The van der Waals surface area contributed by atoms with Gasteiger partial charge in [0, 0.05) is 10.7 Å². The SMILES string of the molecule is Cc1ccc(S(=O)(=O)Nc2ccc(Cl)cc2)cc1C[C@H](N)C(=O)NO. The minimum absolute atomic E-state index is 0.0413. The lowest BCUT2D eigenvalue weighted by molar-refractivity contribution is -0.130. The fourth-order valence-electron chi connectivity index (χ4n) is 2.18. The van der Waals surface area contributed by atoms with Gasteiger partial charge in [0.25, 0.3) is 15.9 Å². The van der Waals surface area contributed by atoms with Gasteiger partial charge in [-0.1, -0.05) is 17.7 Å². The molecule has 0 fully saturated rings. The number of hydrogen-bond donors (Lipinski definition) is 4. The van der Waals surface area contributed by atoms with Crippen molar-refractivity contribution in [3.8, 4) is 0 Å². The summed E-state index contributed by atoms with van der Waals surface area (Å²) in [5.41, 5.74) is 8.91. The molecule has 0 aliphatic rings. The van der Waals surface area contributed by atoms with Crippen LogP contribution < -0.4 is 15.9 Å². The number of halogens is 1. The maximum atomic E-state index is 12.5. The van der Waals surface area contributed by atoms with Crippen molar-refractivity contribution in [2.24, 2.45) is 5.73 Å². The molecule has 7 nitrogen and oxygen atoms in total. The molecule has 0 unspecified atom stereocenters. The van der Waals surface area contributed by atoms with Crippen LogP contribution in [0.4, 0.5) is 5.69 Å². The molecule has 0 heterocycles. The Hall–Kier alpha value is -2.13.